The van der Waals surface area contributed by atoms with Gasteiger partial charge in [-0.1, -0.05) is 76.6 Å². The molecule has 0 saturated heterocycles. The molecule has 1 nitrogen and oxygen atoms in total. The van der Waals surface area contributed by atoms with Gasteiger partial charge in [0.2, 0.25) is 0 Å². The Balaban J connectivity index is 1.59. The third-order valence-electron chi connectivity index (χ3n) is 6.82. The van der Waals surface area contributed by atoms with Crippen LogP contribution in [0.2, 0.25) is 0 Å². The molecule has 0 spiro atoms. The first-order valence-electron chi connectivity index (χ1n) is 11.0. The Morgan fingerprint density at radius 1 is 0.625 bits per heavy atom. The van der Waals surface area contributed by atoms with Gasteiger partial charge < -0.3 is 4.42 Å². The van der Waals surface area contributed by atoms with Crippen LogP contribution in [0.5, 0.6) is 0 Å². The minimum Gasteiger partial charge on any atom is -0.455 e. The quantitative estimate of drug-likeness (QED) is 0.244. The van der Waals surface area contributed by atoms with Crippen LogP contribution in [-0.2, 0) is 12.8 Å². The first-order valence-corrected chi connectivity index (χ1v) is 11.8. The standard InChI is InChI=1S/C30H19BrO/c31-24-11-9-19(10-12-24)25-13-14-26(23-8-6-18-5-7-22(18)15-23)30-29(25)27-16-20-3-1-2-4-21(20)17-28(27)32-30/h1-4,6,8-17H,5,7H2. The van der Waals surface area contributed by atoms with E-state index in [0.717, 1.165) is 21.2 Å². The maximum Gasteiger partial charge on any atom is 0.143 e. The van der Waals surface area contributed by atoms with Gasteiger partial charge >= 0.3 is 0 Å². The van der Waals surface area contributed by atoms with Crippen molar-refractivity contribution in [1.29, 1.82) is 0 Å². The summed E-state index contributed by atoms with van der Waals surface area (Å²) in [5, 5.41) is 4.79. The van der Waals surface area contributed by atoms with E-state index in [1.54, 1.807) is 0 Å². The van der Waals surface area contributed by atoms with E-state index in [1.807, 2.05) is 0 Å². The van der Waals surface area contributed by atoms with Gasteiger partial charge in [-0.25, -0.2) is 0 Å². The lowest BCUT2D eigenvalue weighted by atomic mass is 9.85. The van der Waals surface area contributed by atoms with Crippen LogP contribution in [0.25, 0.3) is 55.0 Å². The fraction of sp³-hybridized carbons (Fsp3) is 0.0667. The second kappa shape index (κ2) is 6.82. The van der Waals surface area contributed by atoms with Crippen molar-refractivity contribution in [3.05, 3.63) is 107 Å². The number of benzene rings is 5. The van der Waals surface area contributed by atoms with Crippen LogP contribution in [0, 0.1) is 0 Å². The van der Waals surface area contributed by atoms with Crippen LogP contribution in [0.3, 0.4) is 0 Å². The molecule has 5 aromatic carbocycles. The van der Waals surface area contributed by atoms with Gasteiger partial charge in [0.05, 0.1) is 0 Å². The smallest absolute Gasteiger partial charge is 0.143 e. The Labute approximate surface area is 194 Å². The molecule has 32 heavy (non-hydrogen) atoms. The normalized spacial score (nSPS) is 12.9. The van der Waals surface area contributed by atoms with Crippen LogP contribution in [0.4, 0.5) is 0 Å². The molecule has 0 aliphatic heterocycles. The molecule has 0 fully saturated rings. The van der Waals surface area contributed by atoms with Gasteiger partial charge in [-0.2, -0.15) is 0 Å². The minimum absolute atomic E-state index is 0.938. The number of hydrogen-bond donors (Lipinski definition) is 0. The first kappa shape index (κ1) is 18.2. The molecule has 0 N–H and O–H groups in total. The Morgan fingerprint density at radius 2 is 1.34 bits per heavy atom. The first-order chi connectivity index (χ1) is 15.7. The van der Waals surface area contributed by atoms with E-state index < -0.39 is 0 Å². The van der Waals surface area contributed by atoms with E-state index in [9.17, 15) is 0 Å². The van der Waals surface area contributed by atoms with Gasteiger partial charge in [-0.05, 0) is 81.8 Å². The van der Waals surface area contributed by atoms with Crippen molar-refractivity contribution in [2.24, 2.45) is 0 Å². The molecular formula is C30H19BrO. The molecule has 7 rings (SSSR count). The van der Waals surface area contributed by atoms with E-state index in [0.29, 0.717) is 0 Å². The van der Waals surface area contributed by atoms with E-state index >= 15 is 0 Å². The van der Waals surface area contributed by atoms with E-state index in [4.69, 9.17) is 4.42 Å². The van der Waals surface area contributed by atoms with Crippen molar-refractivity contribution < 1.29 is 4.42 Å². The molecule has 0 bridgehead atoms. The van der Waals surface area contributed by atoms with Gasteiger partial charge in [0.15, 0.2) is 0 Å². The molecule has 6 aromatic rings. The summed E-state index contributed by atoms with van der Waals surface area (Å²) >= 11 is 3.57. The van der Waals surface area contributed by atoms with Gasteiger partial charge in [0.25, 0.3) is 0 Å². The number of halogens is 1. The summed E-state index contributed by atoms with van der Waals surface area (Å²) in [5.74, 6) is 0. The maximum atomic E-state index is 6.61. The van der Waals surface area contributed by atoms with Crippen molar-refractivity contribution in [3.8, 4) is 22.3 Å². The molecule has 0 amide bonds. The average Bonchev–Trinajstić information content (AvgIpc) is 3.17. The van der Waals surface area contributed by atoms with Crippen LogP contribution in [0.15, 0.2) is 99.9 Å². The number of rotatable bonds is 2. The van der Waals surface area contributed by atoms with Crippen LogP contribution < -0.4 is 0 Å². The SMILES string of the molecule is Brc1ccc(-c2ccc(-c3ccc4c(c3)CC4)c3oc4cc5ccccc5cc4c23)cc1. The lowest BCUT2D eigenvalue weighted by molar-refractivity contribution is 0.670. The number of furan rings is 1. The monoisotopic (exact) mass is 474 g/mol. The van der Waals surface area contributed by atoms with Crippen molar-refractivity contribution >= 4 is 48.6 Å². The van der Waals surface area contributed by atoms with E-state index in [-0.39, 0.29) is 0 Å². The third-order valence-corrected chi connectivity index (χ3v) is 7.35. The molecule has 1 aliphatic rings. The average molecular weight is 475 g/mol. The molecule has 2 heteroatoms. The second-order valence-corrected chi connectivity index (χ2v) is 9.57. The Morgan fingerprint density at radius 3 is 2.09 bits per heavy atom. The summed E-state index contributed by atoms with van der Waals surface area (Å²) < 4.78 is 7.69. The lowest BCUT2D eigenvalue weighted by Crippen LogP contribution is -2.07. The van der Waals surface area contributed by atoms with Crippen molar-refractivity contribution in [2.45, 2.75) is 12.8 Å². The zero-order chi connectivity index (χ0) is 21.2. The summed E-state index contributed by atoms with van der Waals surface area (Å²) in [6.07, 6.45) is 2.37. The number of hydrogen-bond acceptors (Lipinski definition) is 1. The topological polar surface area (TPSA) is 13.1 Å². The summed E-state index contributed by atoms with van der Waals surface area (Å²) in [7, 11) is 0. The van der Waals surface area contributed by atoms with Crippen LogP contribution >= 0.6 is 15.9 Å². The number of fused-ring (bicyclic) bond motifs is 5. The fourth-order valence-electron chi connectivity index (χ4n) is 5.03. The molecular weight excluding hydrogens is 456 g/mol. The summed E-state index contributed by atoms with van der Waals surface area (Å²) in [5.41, 5.74) is 9.65. The maximum absolute atomic E-state index is 6.61. The zero-order valence-corrected chi connectivity index (χ0v) is 18.9. The highest BCUT2D eigenvalue weighted by molar-refractivity contribution is 9.10. The van der Waals surface area contributed by atoms with Crippen LogP contribution in [-0.4, -0.2) is 0 Å². The molecule has 0 radical (unpaired) electrons. The summed E-state index contributed by atoms with van der Waals surface area (Å²) in [4.78, 5) is 0. The minimum atomic E-state index is 0.938. The largest absolute Gasteiger partial charge is 0.455 e. The molecule has 0 saturated carbocycles. The highest BCUT2D eigenvalue weighted by Crippen LogP contribution is 2.43. The van der Waals surface area contributed by atoms with Gasteiger partial charge in [-0.15, -0.1) is 0 Å². The Kier molecular flexibility index (Phi) is 3.88. The van der Waals surface area contributed by atoms with Gasteiger partial charge in [-0.3, -0.25) is 0 Å². The molecule has 152 valence electrons. The van der Waals surface area contributed by atoms with Crippen LogP contribution in [0.1, 0.15) is 11.1 Å². The predicted octanol–water partition coefficient (Wildman–Crippen LogP) is 8.93. The zero-order valence-electron chi connectivity index (χ0n) is 17.4. The lowest BCUT2D eigenvalue weighted by Gasteiger charge is -2.19. The molecule has 1 aromatic heterocycles. The highest BCUT2D eigenvalue weighted by atomic mass is 79.9. The molecule has 0 atom stereocenters. The van der Waals surface area contributed by atoms with E-state index in [1.165, 1.54) is 62.2 Å². The fourth-order valence-corrected chi connectivity index (χ4v) is 5.29. The Bertz CT molecular complexity index is 1670. The van der Waals surface area contributed by atoms with Crippen molar-refractivity contribution in [3.63, 3.8) is 0 Å². The molecule has 0 unspecified atom stereocenters. The summed E-state index contributed by atoms with van der Waals surface area (Å²) in [6.45, 7) is 0. The molecule has 1 aliphatic carbocycles. The van der Waals surface area contributed by atoms with Gasteiger partial charge in [0.1, 0.15) is 11.2 Å². The highest BCUT2D eigenvalue weighted by Gasteiger charge is 2.20. The second-order valence-electron chi connectivity index (χ2n) is 8.65. The van der Waals surface area contributed by atoms with Gasteiger partial charge in [0, 0.05) is 20.8 Å². The molecule has 1 heterocycles. The van der Waals surface area contributed by atoms with Crippen molar-refractivity contribution in [2.75, 3.05) is 0 Å². The summed E-state index contributed by atoms with van der Waals surface area (Å²) in [6, 6.07) is 32.8. The Hall–Kier alpha value is -3.36. The van der Waals surface area contributed by atoms with E-state index in [2.05, 4.69) is 107 Å². The predicted molar refractivity (Wildman–Crippen MR) is 137 cm³/mol. The van der Waals surface area contributed by atoms with Crippen molar-refractivity contribution in [1.82, 2.24) is 0 Å². The number of aryl methyl sites for hydroxylation is 2. The third kappa shape index (κ3) is 2.69.